The lowest BCUT2D eigenvalue weighted by Gasteiger charge is -2.28. The number of aromatic nitrogens is 1. The van der Waals surface area contributed by atoms with Gasteiger partial charge in [-0.3, -0.25) is 4.98 Å². The Morgan fingerprint density at radius 2 is 1.58 bits per heavy atom. The van der Waals surface area contributed by atoms with Gasteiger partial charge in [-0.25, -0.2) is 4.39 Å². The van der Waals surface area contributed by atoms with Crippen molar-refractivity contribution in [3.05, 3.63) is 102 Å². The summed E-state index contributed by atoms with van der Waals surface area (Å²) in [5.41, 5.74) is 5.64. The minimum atomic E-state index is -0.185. The summed E-state index contributed by atoms with van der Waals surface area (Å²) in [5, 5.41) is 0. The minimum absolute atomic E-state index is 0.0996. The first kappa shape index (κ1) is 18.1. The van der Waals surface area contributed by atoms with Crippen LogP contribution >= 0.6 is 0 Å². The van der Waals surface area contributed by atoms with E-state index in [9.17, 15) is 4.39 Å². The van der Waals surface area contributed by atoms with Crippen LogP contribution in [0.3, 0.4) is 0 Å². The fourth-order valence-electron chi connectivity index (χ4n) is 3.13. The molecule has 0 aliphatic heterocycles. The molecular weight excluding hydrogens is 321 g/mol. The molecule has 0 spiro atoms. The van der Waals surface area contributed by atoms with E-state index in [2.05, 4.69) is 49.7 Å². The normalized spacial score (nSPS) is 11.3. The van der Waals surface area contributed by atoms with E-state index in [1.165, 1.54) is 17.2 Å². The van der Waals surface area contributed by atoms with Crippen molar-refractivity contribution in [3.8, 4) is 11.1 Å². The number of allylic oxidation sites excluding steroid dienone is 1. The van der Waals surface area contributed by atoms with Crippen molar-refractivity contribution in [3.63, 3.8) is 0 Å². The summed E-state index contributed by atoms with van der Waals surface area (Å²) >= 11 is 0. The highest BCUT2D eigenvalue weighted by Gasteiger charge is 2.22. The van der Waals surface area contributed by atoms with Gasteiger partial charge < -0.3 is 0 Å². The summed E-state index contributed by atoms with van der Waals surface area (Å²) in [6.45, 7) is 8.66. The van der Waals surface area contributed by atoms with Crippen molar-refractivity contribution in [1.29, 1.82) is 0 Å². The summed E-state index contributed by atoms with van der Waals surface area (Å²) in [7, 11) is 0. The van der Waals surface area contributed by atoms with Crippen LogP contribution in [0.5, 0.6) is 0 Å². The third kappa shape index (κ3) is 4.45. The first-order chi connectivity index (χ1) is 12.4. The van der Waals surface area contributed by atoms with E-state index < -0.39 is 0 Å². The lowest BCUT2D eigenvalue weighted by molar-refractivity contribution is 0.434. The zero-order valence-corrected chi connectivity index (χ0v) is 15.4. The van der Waals surface area contributed by atoms with Gasteiger partial charge in [0.05, 0.1) is 0 Å². The van der Waals surface area contributed by atoms with Crippen molar-refractivity contribution in [2.75, 3.05) is 0 Å². The molecule has 0 unspecified atom stereocenters. The van der Waals surface area contributed by atoms with E-state index >= 15 is 0 Å². The molecule has 3 rings (SSSR count). The standard InChI is InChI=1S/C24H24FN/c1-18(24(2,3)17-20-5-4-6-23(25)16-20)15-19-7-9-21(10-8-19)22-11-13-26-14-12-22/h4-14,16H,1,15,17H2,2-3H3. The van der Waals surface area contributed by atoms with Crippen LogP contribution in [0.1, 0.15) is 25.0 Å². The van der Waals surface area contributed by atoms with Gasteiger partial charge in [-0.2, -0.15) is 0 Å². The maximum atomic E-state index is 13.4. The van der Waals surface area contributed by atoms with E-state index in [-0.39, 0.29) is 11.2 Å². The second kappa shape index (κ2) is 7.65. The van der Waals surface area contributed by atoms with Crippen molar-refractivity contribution in [1.82, 2.24) is 4.98 Å². The molecule has 0 bridgehead atoms. The quantitative estimate of drug-likeness (QED) is 0.481. The maximum absolute atomic E-state index is 13.4. The molecule has 0 fully saturated rings. The van der Waals surface area contributed by atoms with Crippen LogP contribution in [0.15, 0.2) is 85.2 Å². The number of rotatable bonds is 6. The molecule has 0 N–H and O–H groups in total. The third-order valence-corrected chi connectivity index (χ3v) is 4.88. The number of benzene rings is 2. The van der Waals surface area contributed by atoms with Gasteiger partial charge in [0.25, 0.3) is 0 Å². The van der Waals surface area contributed by atoms with Crippen LogP contribution in [0.2, 0.25) is 0 Å². The van der Waals surface area contributed by atoms with E-state index in [0.717, 1.165) is 29.5 Å². The molecule has 132 valence electrons. The molecular formula is C24H24FN. The zero-order chi connectivity index (χ0) is 18.6. The molecule has 26 heavy (non-hydrogen) atoms. The average molecular weight is 345 g/mol. The number of hydrogen-bond acceptors (Lipinski definition) is 1. The van der Waals surface area contributed by atoms with Crippen molar-refractivity contribution < 1.29 is 4.39 Å². The molecule has 1 nitrogen and oxygen atoms in total. The van der Waals surface area contributed by atoms with Crippen LogP contribution in [0.4, 0.5) is 4.39 Å². The average Bonchev–Trinajstić information content (AvgIpc) is 2.63. The van der Waals surface area contributed by atoms with Crippen molar-refractivity contribution >= 4 is 0 Å². The van der Waals surface area contributed by atoms with Gasteiger partial charge in [0, 0.05) is 12.4 Å². The number of halogens is 1. The Labute approximate surface area is 155 Å². The maximum Gasteiger partial charge on any atom is 0.123 e. The molecule has 1 heterocycles. The van der Waals surface area contributed by atoms with Gasteiger partial charge in [0.1, 0.15) is 5.82 Å². The number of nitrogens with zero attached hydrogens (tertiary/aromatic N) is 1. The topological polar surface area (TPSA) is 12.9 Å². The van der Waals surface area contributed by atoms with Crippen molar-refractivity contribution in [2.24, 2.45) is 5.41 Å². The molecule has 0 aliphatic rings. The van der Waals surface area contributed by atoms with Gasteiger partial charge in [-0.1, -0.05) is 62.4 Å². The molecule has 0 atom stereocenters. The van der Waals surface area contributed by atoms with Gasteiger partial charge in [0.2, 0.25) is 0 Å². The minimum Gasteiger partial charge on any atom is -0.265 e. The predicted octanol–water partition coefficient (Wildman–Crippen LogP) is 6.26. The van der Waals surface area contributed by atoms with E-state index in [1.54, 1.807) is 24.5 Å². The van der Waals surface area contributed by atoms with E-state index in [1.807, 2.05) is 18.2 Å². The van der Waals surface area contributed by atoms with Crippen molar-refractivity contribution in [2.45, 2.75) is 26.7 Å². The third-order valence-electron chi connectivity index (χ3n) is 4.88. The monoisotopic (exact) mass is 345 g/mol. The molecule has 2 aromatic carbocycles. The molecule has 0 amide bonds. The lowest BCUT2D eigenvalue weighted by Crippen LogP contribution is -2.19. The second-order valence-electron chi connectivity index (χ2n) is 7.40. The molecule has 3 aromatic rings. The Hall–Kier alpha value is -2.74. The number of hydrogen-bond donors (Lipinski definition) is 0. The fraction of sp³-hybridized carbons (Fsp3) is 0.208. The highest BCUT2D eigenvalue weighted by Crippen LogP contribution is 2.32. The summed E-state index contributed by atoms with van der Waals surface area (Å²) in [5.74, 6) is -0.185. The predicted molar refractivity (Wildman–Crippen MR) is 106 cm³/mol. The molecule has 0 aliphatic carbocycles. The van der Waals surface area contributed by atoms with Gasteiger partial charge in [-0.05, 0) is 64.8 Å². The Balaban J connectivity index is 1.68. The summed E-state index contributed by atoms with van der Waals surface area (Å²) in [6, 6.07) is 19.4. The Kier molecular flexibility index (Phi) is 5.32. The van der Waals surface area contributed by atoms with Crippen LogP contribution in [0, 0.1) is 11.2 Å². The Morgan fingerprint density at radius 3 is 2.23 bits per heavy atom. The summed E-state index contributed by atoms with van der Waals surface area (Å²) in [6.07, 6.45) is 5.21. The van der Waals surface area contributed by atoms with E-state index in [4.69, 9.17) is 0 Å². The summed E-state index contributed by atoms with van der Waals surface area (Å²) < 4.78 is 13.4. The molecule has 2 heteroatoms. The van der Waals surface area contributed by atoms with Crippen LogP contribution in [-0.4, -0.2) is 4.98 Å². The van der Waals surface area contributed by atoms with E-state index in [0.29, 0.717) is 0 Å². The van der Waals surface area contributed by atoms with Crippen LogP contribution in [0.25, 0.3) is 11.1 Å². The van der Waals surface area contributed by atoms with Crippen LogP contribution in [-0.2, 0) is 12.8 Å². The largest absolute Gasteiger partial charge is 0.265 e. The second-order valence-corrected chi connectivity index (χ2v) is 7.40. The zero-order valence-electron chi connectivity index (χ0n) is 15.4. The smallest absolute Gasteiger partial charge is 0.123 e. The SMILES string of the molecule is C=C(Cc1ccc(-c2ccncc2)cc1)C(C)(C)Cc1cccc(F)c1. The first-order valence-corrected chi connectivity index (χ1v) is 8.86. The highest BCUT2D eigenvalue weighted by molar-refractivity contribution is 5.63. The van der Waals surface area contributed by atoms with Gasteiger partial charge >= 0.3 is 0 Å². The molecule has 0 saturated heterocycles. The molecule has 0 saturated carbocycles. The number of pyridine rings is 1. The summed E-state index contributed by atoms with van der Waals surface area (Å²) in [4.78, 5) is 4.06. The lowest BCUT2D eigenvalue weighted by atomic mass is 9.77. The van der Waals surface area contributed by atoms with Gasteiger partial charge in [0.15, 0.2) is 0 Å². The molecule has 0 radical (unpaired) electrons. The molecule has 1 aromatic heterocycles. The van der Waals surface area contributed by atoms with Crippen LogP contribution < -0.4 is 0 Å². The Morgan fingerprint density at radius 1 is 0.923 bits per heavy atom. The Bertz CT molecular complexity index is 880. The first-order valence-electron chi connectivity index (χ1n) is 8.86. The fourth-order valence-corrected chi connectivity index (χ4v) is 3.13. The van der Waals surface area contributed by atoms with Gasteiger partial charge in [-0.15, -0.1) is 0 Å². The highest BCUT2D eigenvalue weighted by atomic mass is 19.1.